The first-order valence-electron chi connectivity index (χ1n) is 4.25. The average Bonchev–Trinajstić information content (AvgIpc) is 2.20. The van der Waals surface area contributed by atoms with Gasteiger partial charge in [0, 0.05) is 0 Å². The van der Waals surface area contributed by atoms with Crippen LogP contribution in [-0.2, 0) is 0 Å². The average molecular weight is 238 g/mol. The molecule has 8 heteroatoms. The Bertz CT molecular complexity index is 369. The predicted molar refractivity (Wildman–Crippen MR) is 52.5 cm³/mol. The van der Waals surface area contributed by atoms with Crippen molar-refractivity contribution in [2.45, 2.75) is 12.3 Å². The van der Waals surface area contributed by atoms with Crippen LogP contribution in [0.2, 0.25) is 0 Å². The summed E-state index contributed by atoms with van der Waals surface area (Å²) < 4.78 is 48.6. The number of aromatic nitrogens is 1. The summed E-state index contributed by atoms with van der Waals surface area (Å²) in [6.45, 7) is -1.22. The molecule has 0 aliphatic carbocycles. The smallest absolute Gasteiger partial charge is 0.324 e. The zero-order valence-electron chi connectivity index (χ0n) is 8.05. The maximum absolute atomic E-state index is 12.5. The van der Waals surface area contributed by atoms with Gasteiger partial charge in [-0.2, -0.15) is 8.78 Å². The molecule has 0 aromatic carbocycles. The number of alkyl halides is 4. The third-order valence-corrected chi connectivity index (χ3v) is 1.78. The maximum atomic E-state index is 12.5. The molecule has 1 heterocycles. The lowest BCUT2D eigenvalue weighted by Gasteiger charge is -2.16. The number of anilines is 3. The standard InChI is InChI=1S/C8H10F4N4/c9-7(10)8(11,12)3-15-5-2-1-4(13)6(14)16-5/h1-2,7H,3,13H2,(H3,14,15,16). The highest BCUT2D eigenvalue weighted by Crippen LogP contribution is 2.23. The highest BCUT2D eigenvalue weighted by atomic mass is 19.3. The monoisotopic (exact) mass is 238 g/mol. The second-order valence-electron chi connectivity index (χ2n) is 3.09. The molecule has 0 aliphatic heterocycles. The van der Waals surface area contributed by atoms with Crippen molar-refractivity contribution in [3.8, 4) is 0 Å². The van der Waals surface area contributed by atoms with Crippen molar-refractivity contribution in [3.63, 3.8) is 0 Å². The van der Waals surface area contributed by atoms with E-state index in [1.807, 2.05) is 0 Å². The van der Waals surface area contributed by atoms with Crippen LogP contribution >= 0.6 is 0 Å². The Morgan fingerprint density at radius 3 is 2.44 bits per heavy atom. The minimum absolute atomic E-state index is 0.0352. The van der Waals surface area contributed by atoms with Gasteiger partial charge < -0.3 is 16.8 Å². The van der Waals surface area contributed by atoms with Gasteiger partial charge in [0.15, 0.2) is 0 Å². The minimum Gasteiger partial charge on any atom is -0.396 e. The number of rotatable bonds is 4. The van der Waals surface area contributed by atoms with E-state index in [1.54, 1.807) is 0 Å². The molecule has 0 radical (unpaired) electrons. The molecule has 5 N–H and O–H groups in total. The summed E-state index contributed by atoms with van der Waals surface area (Å²) in [5, 5.41) is 2.06. The number of nitrogens with one attached hydrogen (secondary N) is 1. The number of pyridine rings is 1. The van der Waals surface area contributed by atoms with Crippen molar-refractivity contribution >= 4 is 17.3 Å². The lowest BCUT2D eigenvalue weighted by Crippen LogP contribution is -2.35. The van der Waals surface area contributed by atoms with Crippen molar-refractivity contribution in [1.82, 2.24) is 4.98 Å². The van der Waals surface area contributed by atoms with Gasteiger partial charge in [-0.3, -0.25) is 0 Å². The van der Waals surface area contributed by atoms with E-state index in [2.05, 4.69) is 10.3 Å². The fourth-order valence-corrected chi connectivity index (χ4v) is 0.870. The third-order valence-electron chi connectivity index (χ3n) is 1.78. The van der Waals surface area contributed by atoms with E-state index in [0.29, 0.717) is 0 Å². The molecular weight excluding hydrogens is 228 g/mol. The molecule has 4 nitrogen and oxygen atoms in total. The van der Waals surface area contributed by atoms with Crippen LogP contribution in [0.25, 0.3) is 0 Å². The Hall–Kier alpha value is -1.73. The number of nitrogens with zero attached hydrogens (tertiary/aromatic N) is 1. The fourth-order valence-electron chi connectivity index (χ4n) is 0.870. The molecule has 0 bridgehead atoms. The molecule has 0 saturated carbocycles. The number of hydrogen-bond acceptors (Lipinski definition) is 4. The van der Waals surface area contributed by atoms with Gasteiger partial charge in [-0.1, -0.05) is 0 Å². The quantitative estimate of drug-likeness (QED) is 0.695. The van der Waals surface area contributed by atoms with Gasteiger partial charge in [-0.05, 0) is 12.1 Å². The van der Waals surface area contributed by atoms with E-state index in [4.69, 9.17) is 11.5 Å². The summed E-state index contributed by atoms with van der Waals surface area (Å²) in [6.07, 6.45) is -3.73. The molecule has 1 aromatic rings. The molecule has 0 fully saturated rings. The summed E-state index contributed by atoms with van der Waals surface area (Å²) in [5.41, 5.74) is 10.8. The fraction of sp³-hybridized carbons (Fsp3) is 0.375. The first kappa shape index (κ1) is 12.3. The molecule has 0 amide bonds. The van der Waals surface area contributed by atoms with Crippen LogP contribution in [0.5, 0.6) is 0 Å². The SMILES string of the molecule is Nc1ccc(NCC(F)(F)C(F)F)nc1N. The van der Waals surface area contributed by atoms with Crippen molar-refractivity contribution in [2.24, 2.45) is 0 Å². The van der Waals surface area contributed by atoms with E-state index < -0.39 is 18.9 Å². The molecular formula is C8H10F4N4. The summed E-state index contributed by atoms with van der Waals surface area (Å²) >= 11 is 0. The summed E-state index contributed by atoms with van der Waals surface area (Å²) in [5.74, 6) is -4.20. The number of halogens is 4. The highest BCUT2D eigenvalue weighted by Gasteiger charge is 2.40. The van der Waals surface area contributed by atoms with Crippen molar-refractivity contribution < 1.29 is 17.6 Å². The van der Waals surface area contributed by atoms with E-state index in [1.165, 1.54) is 12.1 Å². The van der Waals surface area contributed by atoms with Crippen LogP contribution in [0.3, 0.4) is 0 Å². The van der Waals surface area contributed by atoms with E-state index in [-0.39, 0.29) is 17.3 Å². The molecule has 0 atom stereocenters. The maximum Gasteiger partial charge on any atom is 0.324 e. The van der Waals surface area contributed by atoms with E-state index >= 15 is 0 Å². The summed E-state index contributed by atoms with van der Waals surface area (Å²) in [4.78, 5) is 3.60. The second-order valence-corrected chi connectivity index (χ2v) is 3.09. The molecule has 0 aliphatic rings. The van der Waals surface area contributed by atoms with Crippen LogP contribution in [0, 0.1) is 0 Å². The van der Waals surface area contributed by atoms with Gasteiger partial charge >= 0.3 is 12.3 Å². The Labute approximate surface area is 88.6 Å². The van der Waals surface area contributed by atoms with Crippen LogP contribution in [0.4, 0.5) is 34.9 Å². The predicted octanol–water partition coefficient (Wildman–Crippen LogP) is 1.56. The zero-order valence-corrected chi connectivity index (χ0v) is 8.05. The van der Waals surface area contributed by atoms with Crippen molar-refractivity contribution in [1.29, 1.82) is 0 Å². The number of nitrogen functional groups attached to an aromatic ring is 2. The first-order valence-corrected chi connectivity index (χ1v) is 4.25. The summed E-state index contributed by atoms with van der Waals surface area (Å²) in [6, 6.07) is 2.61. The van der Waals surface area contributed by atoms with Gasteiger partial charge in [-0.15, -0.1) is 0 Å². The zero-order chi connectivity index (χ0) is 12.3. The molecule has 1 aromatic heterocycles. The molecule has 0 spiro atoms. The topological polar surface area (TPSA) is 77.0 Å². The van der Waals surface area contributed by atoms with Crippen molar-refractivity contribution in [2.75, 3.05) is 23.3 Å². The van der Waals surface area contributed by atoms with Gasteiger partial charge in [0.1, 0.15) is 11.6 Å². The molecule has 90 valence electrons. The van der Waals surface area contributed by atoms with Crippen LogP contribution in [0.15, 0.2) is 12.1 Å². The Morgan fingerprint density at radius 2 is 1.94 bits per heavy atom. The van der Waals surface area contributed by atoms with Crippen molar-refractivity contribution in [3.05, 3.63) is 12.1 Å². The molecule has 16 heavy (non-hydrogen) atoms. The Balaban J connectivity index is 2.65. The van der Waals surface area contributed by atoms with Gasteiger partial charge in [0.2, 0.25) is 0 Å². The first-order chi connectivity index (χ1) is 7.33. The van der Waals surface area contributed by atoms with Crippen LogP contribution in [-0.4, -0.2) is 23.9 Å². The van der Waals surface area contributed by atoms with Gasteiger partial charge in [-0.25, -0.2) is 13.8 Å². The van der Waals surface area contributed by atoms with Crippen LogP contribution < -0.4 is 16.8 Å². The number of nitrogens with two attached hydrogens (primary N) is 2. The molecule has 0 unspecified atom stereocenters. The minimum atomic E-state index is -4.11. The molecule has 0 saturated heterocycles. The molecule has 1 rings (SSSR count). The Morgan fingerprint density at radius 1 is 1.31 bits per heavy atom. The lowest BCUT2D eigenvalue weighted by molar-refractivity contribution is -0.117. The van der Waals surface area contributed by atoms with Gasteiger partial charge in [0.25, 0.3) is 0 Å². The summed E-state index contributed by atoms with van der Waals surface area (Å²) in [7, 11) is 0. The van der Waals surface area contributed by atoms with Crippen LogP contribution in [0.1, 0.15) is 0 Å². The largest absolute Gasteiger partial charge is 0.396 e. The highest BCUT2D eigenvalue weighted by molar-refractivity contribution is 5.61. The van der Waals surface area contributed by atoms with Gasteiger partial charge in [0.05, 0.1) is 12.2 Å². The van der Waals surface area contributed by atoms with E-state index in [9.17, 15) is 17.6 Å². The third kappa shape index (κ3) is 2.88. The number of hydrogen-bond donors (Lipinski definition) is 3. The lowest BCUT2D eigenvalue weighted by atomic mass is 10.3. The normalized spacial score (nSPS) is 11.8. The Kier molecular flexibility index (Phi) is 3.41. The van der Waals surface area contributed by atoms with E-state index in [0.717, 1.165) is 0 Å². The second kappa shape index (κ2) is 4.42.